The highest BCUT2D eigenvalue weighted by Crippen LogP contribution is 2.23. The number of fused-ring (bicyclic) bond motifs is 1. The number of halogens is 1. The number of carboxylic acid groups (broad SMARTS) is 1. The first-order valence-electron chi connectivity index (χ1n) is 3.73. The van der Waals surface area contributed by atoms with Gasteiger partial charge in [0.1, 0.15) is 0 Å². The average Bonchev–Trinajstić information content (AvgIpc) is 2.45. The van der Waals surface area contributed by atoms with Crippen LogP contribution in [0.2, 0.25) is 0 Å². The van der Waals surface area contributed by atoms with E-state index < -0.39 is 5.97 Å². The molecule has 0 unspecified atom stereocenters. The van der Waals surface area contributed by atoms with Crippen molar-refractivity contribution in [2.75, 3.05) is 0 Å². The van der Waals surface area contributed by atoms with Crippen LogP contribution in [0.5, 0.6) is 0 Å². The number of aromatic amines is 2. The number of hydrogen-bond donors (Lipinski definition) is 3. The standard InChI is InChI=1S/C8H5BrN2O2S/c9-4-1-3(7(12)13)2-5-6(4)11-8(14)10-5/h1-2H,(H,12,13)(H2,10,11,14). The Labute approximate surface area is 92.1 Å². The van der Waals surface area contributed by atoms with Crippen LogP contribution in [0, 0.1) is 4.77 Å². The molecule has 4 nitrogen and oxygen atoms in total. The molecule has 14 heavy (non-hydrogen) atoms. The summed E-state index contributed by atoms with van der Waals surface area (Å²) in [5, 5.41) is 8.80. The summed E-state index contributed by atoms with van der Waals surface area (Å²) in [6.07, 6.45) is 0. The molecule has 1 aromatic carbocycles. The number of aromatic nitrogens is 2. The Morgan fingerprint density at radius 1 is 1.43 bits per heavy atom. The van der Waals surface area contributed by atoms with E-state index >= 15 is 0 Å². The second kappa shape index (κ2) is 3.21. The zero-order valence-corrected chi connectivity index (χ0v) is 9.20. The molecule has 0 aliphatic carbocycles. The van der Waals surface area contributed by atoms with E-state index in [0.717, 1.165) is 5.52 Å². The third-order valence-corrected chi connectivity index (χ3v) is 2.65. The van der Waals surface area contributed by atoms with Gasteiger partial charge in [-0.05, 0) is 40.3 Å². The predicted molar refractivity (Wildman–Crippen MR) is 58.1 cm³/mol. The van der Waals surface area contributed by atoms with Crippen molar-refractivity contribution in [3.05, 3.63) is 26.9 Å². The number of carbonyl (C=O) groups is 1. The summed E-state index contributed by atoms with van der Waals surface area (Å²) in [5.41, 5.74) is 1.68. The lowest BCUT2D eigenvalue weighted by atomic mass is 10.2. The van der Waals surface area contributed by atoms with Crippen LogP contribution in [0.4, 0.5) is 0 Å². The SMILES string of the molecule is O=C(O)c1cc(Br)c2[nH]c(=S)[nH]c2c1. The maximum Gasteiger partial charge on any atom is 0.335 e. The predicted octanol–water partition coefficient (Wildman–Crippen LogP) is 2.69. The Hall–Kier alpha value is -1.14. The number of nitrogens with one attached hydrogen (secondary N) is 2. The number of aromatic carboxylic acids is 1. The van der Waals surface area contributed by atoms with E-state index in [0.29, 0.717) is 14.8 Å². The zero-order chi connectivity index (χ0) is 10.3. The fourth-order valence-corrected chi connectivity index (χ4v) is 1.99. The third-order valence-electron chi connectivity index (χ3n) is 1.82. The Morgan fingerprint density at radius 2 is 2.14 bits per heavy atom. The van der Waals surface area contributed by atoms with Crippen molar-refractivity contribution in [2.45, 2.75) is 0 Å². The summed E-state index contributed by atoms with van der Waals surface area (Å²) in [6.45, 7) is 0. The van der Waals surface area contributed by atoms with Gasteiger partial charge in [0.25, 0.3) is 0 Å². The highest BCUT2D eigenvalue weighted by atomic mass is 79.9. The second-order valence-corrected chi connectivity index (χ2v) is 4.03. The molecule has 0 aliphatic heterocycles. The number of carboxylic acids is 1. The number of H-pyrrole nitrogens is 2. The van der Waals surface area contributed by atoms with Crippen molar-refractivity contribution in [2.24, 2.45) is 0 Å². The average molecular weight is 273 g/mol. The molecule has 1 aromatic heterocycles. The van der Waals surface area contributed by atoms with Crippen LogP contribution in [0.1, 0.15) is 10.4 Å². The van der Waals surface area contributed by atoms with Crippen molar-refractivity contribution >= 4 is 45.2 Å². The molecule has 0 saturated heterocycles. The molecule has 1 heterocycles. The fraction of sp³-hybridized carbons (Fsp3) is 0. The van der Waals surface area contributed by atoms with Gasteiger partial charge in [-0.15, -0.1) is 0 Å². The lowest BCUT2D eigenvalue weighted by Gasteiger charge is -1.97. The van der Waals surface area contributed by atoms with Crippen LogP contribution in [0.25, 0.3) is 11.0 Å². The Kier molecular flexibility index (Phi) is 2.16. The summed E-state index contributed by atoms with van der Waals surface area (Å²) in [4.78, 5) is 16.5. The summed E-state index contributed by atoms with van der Waals surface area (Å²) >= 11 is 8.17. The lowest BCUT2D eigenvalue weighted by Crippen LogP contribution is -1.95. The van der Waals surface area contributed by atoms with E-state index in [9.17, 15) is 4.79 Å². The van der Waals surface area contributed by atoms with Crippen LogP contribution in [0.15, 0.2) is 16.6 Å². The van der Waals surface area contributed by atoms with Gasteiger partial charge in [0, 0.05) is 4.47 Å². The first-order valence-corrected chi connectivity index (χ1v) is 4.93. The molecule has 72 valence electrons. The molecule has 0 atom stereocenters. The van der Waals surface area contributed by atoms with Gasteiger partial charge in [-0.3, -0.25) is 0 Å². The molecule has 0 aliphatic rings. The molecule has 3 N–H and O–H groups in total. The van der Waals surface area contributed by atoms with Crippen LogP contribution in [0.3, 0.4) is 0 Å². The quantitative estimate of drug-likeness (QED) is 0.700. The summed E-state index contributed by atoms with van der Waals surface area (Å²) in [5.74, 6) is -0.965. The monoisotopic (exact) mass is 272 g/mol. The first kappa shape index (κ1) is 9.42. The van der Waals surface area contributed by atoms with Gasteiger partial charge in [-0.25, -0.2) is 4.79 Å². The van der Waals surface area contributed by atoms with E-state index in [1.54, 1.807) is 0 Å². The fourth-order valence-electron chi connectivity index (χ4n) is 1.22. The maximum absolute atomic E-state index is 10.7. The number of benzene rings is 1. The smallest absolute Gasteiger partial charge is 0.335 e. The van der Waals surface area contributed by atoms with Gasteiger partial charge < -0.3 is 15.1 Å². The van der Waals surface area contributed by atoms with Crippen molar-refractivity contribution < 1.29 is 9.90 Å². The largest absolute Gasteiger partial charge is 0.478 e. The minimum atomic E-state index is -0.965. The second-order valence-electron chi connectivity index (χ2n) is 2.76. The van der Waals surface area contributed by atoms with Crippen molar-refractivity contribution in [3.63, 3.8) is 0 Å². The molecule has 0 bridgehead atoms. The van der Waals surface area contributed by atoms with Crippen LogP contribution < -0.4 is 0 Å². The van der Waals surface area contributed by atoms with Crippen molar-refractivity contribution in [1.82, 2.24) is 9.97 Å². The van der Waals surface area contributed by atoms with Crippen LogP contribution in [-0.2, 0) is 0 Å². The molecule has 0 radical (unpaired) electrons. The van der Waals surface area contributed by atoms with E-state index in [1.165, 1.54) is 12.1 Å². The minimum absolute atomic E-state index is 0.217. The van der Waals surface area contributed by atoms with E-state index in [-0.39, 0.29) is 5.56 Å². The Morgan fingerprint density at radius 3 is 2.79 bits per heavy atom. The Balaban J connectivity index is 2.84. The molecule has 0 spiro atoms. The topological polar surface area (TPSA) is 68.9 Å². The minimum Gasteiger partial charge on any atom is -0.478 e. The van der Waals surface area contributed by atoms with Gasteiger partial charge in [-0.1, -0.05) is 0 Å². The highest BCUT2D eigenvalue weighted by Gasteiger charge is 2.08. The normalized spacial score (nSPS) is 10.6. The van der Waals surface area contributed by atoms with E-state index in [1.807, 2.05) is 0 Å². The number of hydrogen-bond acceptors (Lipinski definition) is 2. The van der Waals surface area contributed by atoms with Gasteiger partial charge in [-0.2, -0.15) is 0 Å². The number of rotatable bonds is 1. The first-order chi connectivity index (χ1) is 6.58. The maximum atomic E-state index is 10.7. The van der Waals surface area contributed by atoms with Crippen LogP contribution in [-0.4, -0.2) is 21.0 Å². The van der Waals surface area contributed by atoms with Gasteiger partial charge >= 0.3 is 5.97 Å². The molecule has 6 heteroatoms. The van der Waals surface area contributed by atoms with Gasteiger partial charge in [0.05, 0.1) is 16.6 Å². The van der Waals surface area contributed by atoms with E-state index in [4.69, 9.17) is 17.3 Å². The summed E-state index contributed by atoms with van der Waals surface area (Å²) < 4.78 is 1.16. The molecule has 2 rings (SSSR count). The van der Waals surface area contributed by atoms with Gasteiger partial charge in [0.15, 0.2) is 4.77 Å². The Bertz CT molecular complexity index is 572. The van der Waals surface area contributed by atoms with Crippen molar-refractivity contribution in [3.8, 4) is 0 Å². The number of imidazole rings is 1. The molecular weight excluding hydrogens is 268 g/mol. The summed E-state index contributed by atoms with van der Waals surface area (Å²) in [6, 6.07) is 3.07. The third kappa shape index (κ3) is 1.46. The van der Waals surface area contributed by atoms with E-state index in [2.05, 4.69) is 25.9 Å². The molecule has 0 amide bonds. The molecule has 2 aromatic rings. The lowest BCUT2D eigenvalue weighted by molar-refractivity contribution is 0.0697. The molecular formula is C8H5BrN2O2S. The van der Waals surface area contributed by atoms with Gasteiger partial charge in [0.2, 0.25) is 0 Å². The molecule has 0 fully saturated rings. The molecule has 0 saturated carbocycles. The van der Waals surface area contributed by atoms with Crippen LogP contribution >= 0.6 is 28.1 Å². The summed E-state index contributed by atoms with van der Waals surface area (Å²) in [7, 11) is 0. The zero-order valence-electron chi connectivity index (χ0n) is 6.80. The van der Waals surface area contributed by atoms with Crippen molar-refractivity contribution in [1.29, 1.82) is 0 Å². The highest BCUT2D eigenvalue weighted by molar-refractivity contribution is 9.10.